The van der Waals surface area contributed by atoms with Gasteiger partial charge in [-0.15, -0.1) is 0 Å². The normalized spacial score (nSPS) is 31.2. The summed E-state index contributed by atoms with van der Waals surface area (Å²) in [6.07, 6.45) is -3.80. The van der Waals surface area contributed by atoms with Gasteiger partial charge in [0.1, 0.15) is 23.6 Å². The first-order chi connectivity index (χ1) is 13.4. The molecule has 1 fully saturated rings. The fourth-order valence-electron chi connectivity index (χ4n) is 2.45. The van der Waals surface area contributed by atoms with Gasteiger partial charge in [0.25, 0.3) is 0 Å². The van der Waals surface area contributed by atoms with Gasteiger partial charge in [-0.05, 0) is 13.0 Å². The molecule has 0 amide bonds. The molecule has 4 unspecified atom stereocenters. The van der Waals surface area contributed by atoms with E-state index in [1.54, 1.807) is 0 Å². The highest BCUT2D eigenvalue weighted by Gasteiger charge is 2.54. The van der Waals surface area contributed by atoms with E-state index in [9.17, 15) is 33.6 Å². The van der Waals surface area contributed by atoms with Gasteiger partial charge in [-0.25, -0.2) is 18.5 Å². The van der Waals surface area contributed by atoms with Crippen LogP contribution >= 0.6 is 23.5 Å². The Morgan fingerprint density at radius 2 is 1.83 bits per heavy atom. The van der Waals surface area contributed by atoms with Crippen molar-refractivity contribution in [2.45, 2.75) is 31.0 Å². The first kappa shape index (κ1) is 25.2. The van der Waals surface area contributed by atoms with Gasteiger partial charge >= 0.3 is 29.2 Å². The maximum Gasteiger partial charge on any atom is 0.490 e. The van der Waals surface area contributed by atoms with Crippen molar-refractivity contribution in [3.05, 3.63) is 22.7 Å². The van der Waals surface area contributed by atoms with E-state index >= 15 is 0 Å². The molecule has 172 valence electrons. The second-order valence-electron chi connectivity index (χ2n) is 6.13. The number of aromatic nitrogens is 2. The van der Waals surface area contributed by atoms with Crippen molar-refractivity contribution in [1.82, 2.24) is 9.55 Å². The van der Waals surface area contributed by atoms with Gasteiger partial charge in [-0.3, -0.25) is 9.09 Å². The summed E-state index contributed by atoms with van der Waals surface area (Å²) in [5, 5.41) is 20.7. The molecule has 1 aliphatic heterocycles. The van der Waals surface area contributed by atoms with Crippen LogP contribution in [0.2, 0.25) is 0 Å². The molecule has 17 nitrogen and oxygen atoms in total. The van der Waals surface area contributed by atoms with Crippen molar-refractivity contribution in [1.29, 1.82) is 0 Å². The average molecular weight is 497 g/mol. The van der Waals surface area contributed by atoms with Crippen LogP contribution in [0.3, 0.4) is 0 Å². The summed E-state index contributed by atoms with van der Waals surface area (Å²) in [6, 6.07) is 1.20. The number of aliphatic hydroxyl groups excluding tert-OH is 1. The molecule has 1 aromatic heterocycles. The van der Waals surface area contributed by atoms with E-state index < -0.39 is 59.8 Å². The lowest BCUT2D eigenvalue weighted by molar-refractivity contribution is -0.0985. The van der Waals surface area contributed by atoms with Gasteiger partial charge in [-0.1, -0.05) is 0 Å². The molecular weight excluding hydrogens is 479 g/mol. The Labute approximate surface area is 167 Å². The molecular formula is C10H18N3O14P3. The summed E-state index contributed by atoms with van der Waals surface area (Å²) < 4.78 is 51.1. The molecule has 1 aliphatic rings. The summed E-state index contributed by atoms with van der Waals surface area (Å²) >= 11 is 0. The fraction of sp³-hybridized carbons (Fsp3) is 0.600. The molecule has 0 bridgehead atoms. The van der Waals surface area contributed by atoms with Crippen molar-refractivity contribution in [2.75, 3.05) is 12.3 Å². The molecule has 20 heteroatoms. The van der Waals surface area contributed by atoms with Gasteiger partial charge < -0.3 is 40.3 Å². The topological polar surface area (TPSA) is 270 Å². The Bertz CT molecular complexity index is 990. The summed E-state index contributed by atoms with van der Waals surface area (Å²) in [5.41, 5.74) is 2.28. The largest absolute Gasteiger partial charge is 0.490 e. The van der Waals surface area contributed by atoms with Gasteiger partial charge in [0, 0.05) is 6.20 Å². The Balaban J connectivity index is 2.12. The number of phosphoric acid groups is 3. The first-order valence-electron chi connectivity index (χ1n) is 7.62. The highest BCUT2D eigenvalue weighted by atomic mass is 31.3. The maximum absolute atomic E-state index is 11.9. The number of nitrogen functional groups attached to an aromatic ring is 1. The van der Waals surface area contributed by atoms with Crippen LogP contribution in [-0.2, 0) is 31.6 Å². The van der Waals surface area contributed by atoms with Crippen LogP contribution in [0.4, 0.5) is 5.82 Å². The molecule has 30 heavy (non-hydrogen) atoms. The molecule has 1 aromatic rings. The summed E-state index contributed by atoms with van der Waals surface area (Å²) in [6.45, 7) is 0.0462. The first-order valence-corrected chi connectivity index (χ1v) is 12.1. The summed E-state index contributed by atoms with van der Waals surface area (Å²) in [4.78, 5) is 50.8. The number of aliphatic hydroxyl groups is 2. The third-order valence-corrected chi connectivity index (χ3v) is 7.48. The van der Waals surface area contributed by atoms with Crippen LogP contribution in [0.5, 0.6) is 0 Å². The van der Waals surface area contributed by atoms with E-state index in [1.165, 1.54) is 6.07 Å². The quantitative estimate of drug-likeness (QED) is 0.195. The third kappa shape index (κ3) is 6.24. The van der Waals surface area contributed by atoms with Gasteiger partial charge in [0.15, 0.2) is 6.23 Å². The monoisotopic (exact) mass is 497 g/mol. The number of phosphoric ester groups is 1. The zero-order chi connectivity index (χ0) is 23.1. The van der Waals surface area contributed by atoms with Crippen LogP contribution < -0.4 is 11.4 Å². The van der Waals surface area contributed by atoms with Gasteiger partial charge in [0.2, 0.25) is 0 Å². The van der Waals surface area contributed by atoms with Gasteiger partial charge in [-0.2, -0.15) is 13.6 Å². The van der Waals surface area contributed by atoms with Crippen LogP contribution in [0, 0.1) is 0 Å². The molecule has 0 radical (unpaired) electrons. The molecule has 0 saturated carbocycles. The lowest BCUT2D eigenvalue weighted by Crippen LogP contribution is -2.46. The van der Waals surface area contributed by atoms with Crippen LogP contribution in [0.25, 0.3) is 0 Å². The molecule has 0 aliphatic carbocycles. The zero-order valence-electron chi connectivity index (χ0n) is 14.9. The van der Waals surface area contributed by atoms with Crippen molar-refractivity contribution in [2.24, 2.45) is 0 Å². The maximum atomic E-state index is 11.9. The number of anilines is 1. The number of hydrogen-bond acceptors (Lipinski definition) is 12. The number of ether oxygens (including phenoxy) is 1. The van der Waals surface area contributed by atoms with Crippen molar-refractivity contribution < 1.29 is 61.4 Å². The number of nitrogens with zero attached hydrogens (tertiary/aromatic N) is 2. The standard InChI is InChI=1S/C10H18N3O14P3/c1-10(16)7(14)5(25-8(10)13-3-2-6(11)12-9(13)15)4-24-29(20,21)27-30(22,23)26-28(17,18)19/h2-3,5,7-8,14,16H,4H2,1H3,(H,20,21)(H,22,23)(H2,11,12,15)(H2,17,18,19)/t5?,7?,8-,10-/m1/s1. The van der Waals surface area contributed by atoms with E-state index in [0.29, 0.717) is 0 Å². The highest BCUT2D eigenvalue weighted by Crippen LogP contribution is 2.66. The molecule has 2 rings (SSSR count). The fourth-order valence-corrected chi connectivity index (χ4v) is 5.48. The average Bonchev–Trinajstić information content (AvgIpc) is 2.73. The minimum absolute atomic E-state index is 0.126. The summed E-state index contributed by atoms with van der Waals surface area (Å²) in [7, 11) is -16.8. The number of nitrogens with two attached hydrogens (primary N) is 1. The van der Waals surface area contributed by atoms with E-state index in [-0.39, 0.29) is 5.82 Å². The Kier molecular flexibility index (Phi) is 7.14. The predicted octanol–water partition coefficient (Wildman–Crippen LogP) is -1.82. The molecule has 8 N–H and O–H groups in total. The van der Waals surface area contributed by atoms with E-state index in [2.05, 4.69) is 18.1 Å². The molecule has 1 saturated heterocycles. The van der Waals surface area contributed by atoms with Gasteiger partial charge in [0.05, 0.1) is 6.61 Å². The number of hydrogen-bond donors (Lipinski definition) is 7. The van der Waals surface area contributed by atoms with Crippen molar-refractivity contribution in [3.8, 4) is 0 Å². The minimum atomic E-state index is -5.73. The van der Waals surface area contributed by atoms with E-state index in [4.69, 9.17) is 25.2 Å². The lowest BCUT2D eigenvalue weighted by Gasteiger charge is -2.27. The predicted molar refractivity (Wildman–Crippen MR) is 93.3 cm³/mol. The lowest BCUT2D eigenvalue weighted by atomic mass is 9.96. The second-order valence-corrected chi connectivity index (χ2v) is 10.5. The summed E-state index contributed by atoms with van der Waals surface area (Å²) in [5.74, 6) is -0.126. The van der Waals surface area contributed by atoms with Crippen LogP contribution in [0.1, 0.15) is 13.2 Å². The smallest absolute Gasteiger partial charge is 0.387 e. The molecule has 0 aromatic carbocycles. The van der Waals surface area contributed by atoms with E-state index in [0.717, 1.165) is 17.7 Å². The Hall–Kier alpha value is -1.03. The van der Waals surface area contributed by atoms with Crippen molar-refractivity contribution in [3.63, 3.8) is 0 Å². The van der Waals surface area contributed by atoms with E-state index in [1.807, 2.05) is 0 Å². The second kappa shape index (κ2) is 8.48. The third-order valence-electron chi connectivity index (χ3n) is 3.68. The highest BCUT2D eigenvalue weighted by molar-refractivity contribution is 7.66. The van der Waals surface area contributed by atoms with Crippen LogP contribution in [0.15, 0.2) is 17.1 Å². The minimum Gasteiger partial charge on any atom is -0.387 e. The Morgan fingerprint density at radius 3 is 2.37 bits per heavy atom. The molecule has 0 spiro atoms. The zero-order valence-corrected chi connectivity index (χ0v) is 17.5. The number of rotatable bonds is 8. The van der Waals surface area contributed by atoms with Crippen molar-refractivity contribution >= 4 is 29.3 Å². The molecule has 2 heterocycles. The SMILES string of the molecule is C[C@@]1(O)C(O)C(COP(=O)(O)OP(=O)(O)OP(=O)(O)O)O[C@H]1n1ccc(N)nc1=O. The molecule has 6 atom stereocenters. The Morgan fingerprint density at radius 1 is 1.23 bits per heavy atom. The van der Waals surface area contributed by atoms with Crippen LogP contribution in [-0.4, -0.2) is 63.8 Å².